The molecule has 0 aromatic carbocycles. The van der Waals surface area contributed by atoms with Gasteiger partial charge in [0.1, 0.15) is 5.54 Å². The molecule has 4 amide bonds. The minimum atomic E-state index is -0.888. The SMILES string of the molecule is O=C1NC(=O)C2(CCN(C(=O)CC3CCNC3)C2)N1. The monoisotopic (exact) mass is 266 g/mol. The molecular formula is C12H18N4O3. The second-order valence-electron chi connectivity index (χ2n) is 5.62. The van der Waals surface area contributed by atoms with Crippen LogP contribution in [0.15, 0.2) is 0 Å². The van der Waals surface area contributed by atoms with Crippen molar-refractivity contribution in [3.05, 3.63) is 0 Å². The topological polar surface area (TPSA) is 90.5 Å². The molecule has 7 heteroatoms. The highest BCUT2D eigenvalue weighted by Gasteiger charge is 2.51. The first-order valence-electron chi connectivity index (χ1n) is 6.71. The number of carbonyl (C=O) groups excluding carboxylic acids is 3. The van der Waals surface area contributed by atoms with E-state index >= 15 is 0 Å². The number of hydrogen-bond acceptors (Lipinski definition) is 4. The summed E-state index contributed by atoms with van der Waals surface area (Å²) < 4.78 is 0. The van der Waals surface area contributed by atoms with Gasteiger partial charge in [0.2, 0.25) is 5.91 Å². The Morgan fingerprint density at radius 1 is 1.42 bits per heavy atom. The van der Waals surface area contributed by atoms with Crippen LogP contribution in [0.1, 0.15) is 19.3 Å². The van der Waals surface area contributed by atoms with Crippen molar-refractivity contribution >= 4 is 17.8 Å². The van der Waals surface area contributed by atoms with Crippen molar-refractivity contribution in [2.24, 2.45) is 5.92 Å². The van der Waals surface area contributed by atoms with Crippen molar-refractivity contribution in [2.75, 3.05) is 26.2 Å². The third kappa shape index (κ3) is 2.18. The van der Waals surface area contributed by atoms with E-state index in [9.17, 15) is 14.4 Å². The molecular weight excluding hydrogens is 248 g/mol. The molecule has 2 atom stereocenters. The minimum absolute atomic E-state index is 0.0829. The summed E-state index contributed by atoms with van der Waals surface area (Å²) in [7, 11) is 0. The number of nitrogens with one attached hydrogen (secondary N) is 3. The third-order valence-corrected chi connectivity index (χ3v) is 4.26. The summed E-state index contributed by atoms with van der Waals surface area (Å²) in [4.78, 5) is 36.9. The highest BCUT2D eigenvalue weighted by molar-refractivity contribution is 6.07. The number of nitrogens with zero attached hydrogens (tertiary/aromatic N) is 1. The summed E-state index contributed by atoms with van der Waals surface area (Å²) in [6, 6.07) is -0.459. The molecule has 2 unspecified atom stereocenters. The molecule has 1 spiro atoms. The van der Waals surface area contributed by atoms with E-state index in [2.05, 4.69) is 16.0 Å². The molecule has 19 heavy (non-hydrogen) atoms. The van der Waals surface area contributed by atoms with Crippen LogP contribution in [0, 0.1) is 5.92 Å². The van der Waals surface area contributed by atoms with Crippen LogP contribution in [-0.4, -0.2) is 54.5 Å². The molecule has 104 valence electrons. The lowest BCUT2D eigenvalue weighted by atomic mass is 9.99. The lowest BCUT2D eigenvalue weighted by Gasteiger charge is -2.22. The van der Waals surface area contributed by atoms with Gasteiger partial charge in [-0.3, -0.25) is 14.9 Å². The zero-order valence-corrected chi connectivity index (χ0v) is 10.7. The predicted molar refractivity (Wildman–Crippen MR) is 66.2 cm³/mol. The number of carbonyl (C=O) groups is 3. The van der Waals surface area contributed by atoms with Gasteiger partial charge in [-0.15, -0.1) is 0 Å². The van der Waals surface area contributed by atoms with Gasteiger partial charge in [-0.1, -0.05) is 0 Å². The number of urea groups is 1. The normalized spacial score (nSPS) is 33.9. The first kappa shape index (κ1) is 12.4. The Bertz CT molecular complexity index is 433. The van der Waals surface area contributed by atoms with Crippen LogP contribution in [0.4, 0.5) is 4.79 Å². The van der Waals surface area contributed by atoms with Gasteiger partial charge in [0, 0.05) is 13.0 Å². The zero-order valence-electron chi connectivity index (χ0n) is 10.7. The fourth-order valence-electron chi connectivity index (χ4n) is 3.10. The van der Waals surface area contributed by atoms with Crippen molar-refractivity contribution in [3.63, 3.8) is 0 Å². The number of likely N-dealkylation sites (tertiary alicyclic amines) is 1. The summed E-state index contributed by atoms with van der Waals surface area (Å²) in [5.74, 6) is 0.172. The summed E-state index contributed by atoms with van der Waals surface area (Å²) in [6.07, 6.45) is 2.06. The maximum Gasteiger partial charge on any atom is 0.322 e. The second-order valence-corrected chi connectivity index (χ2v) is 5.62. The molecule has 0 radical (unpaired) electrons. The maximum absolute atomic E-state index is 12.2. The van der Waals surface area contributed by atoms with E-state index in [1.54, 1.807) is 4.90 Å². The van der Waals surface area contributed by atoms with Gasteiger partial charge in [-0.25, -0.2) is 4.79 Å². The molecule has 3 aliphatic rings. The van der Waals surface area contributed by atoms with Gasteiger partial charge in [0.25, 0.3) is 5.91 Å². The second kappa shape index (κ2) is 4.48. The van der Waals surface area contributed by atoms with Crippen LogP contribution >= 0.6 is 0 Å². The van der Waals surface area contributed by atoms with Gasteiger partial charge in [0.05, 0.1) is 6.54 Å². The average Bonchev–Trinajstić information content (AvgIpc) is 3.03. The Balaban J connectivity index is 1.60. The van der Waals surface area contributed by atoms with E-state index in [0.29, 0.717) is 31.8 Å². The quantitative estimate of drug-likeness (QED) is 0.547. The Labute approximate surface area is 111 Å². The van der Waals surface area contributed by atoms with Gasteiger partial charge >= 0.3 is 6.03 Å². The standard InChI is InChI=1S/C12H18N4O3/c17-9(5-8-1-3-13-6-8)16-4-2-12(7-16)10(18)14-11(19)15-12/h8,13H,1-7H2,(H2,14,15,18,19). The molecule has 0 aromatic rings. The van der Waals surface area contributed by atoms with E-state index < -0.39 is 11.6 Å². The third-order valence-electron chi connectivity index (χ3n) is 4.26. The molecule has 0 aliphatic carbocycles. The lowest BCUT2D eigenvalue weighted by molar-refractivity contribution is -0.131. The molecule has 3 rings (SSSR count). The predicted octanol–water partition coefficient (Wildman–Crippen LogP) is -1.20. The summed E-state index contributed by atoms with van der Waals surface area (Å²) in [6.45, 7) is 2.69. The molecule has 3 saturated heterocycles. The Morgan fingerprint density at radius 3 is 2.89 bits per heavy atom. The molecule has 0 aromatic heterocycles. The number of amides is 4. The van der Waals surface area contributed by atoms with Crippen molar-refractivity contribution in [1.82, 2.24) is 20.9 Å². The van der Waals surface area contributed by atoms with Gasteiger partial charge in [-0.05, 0) is 31.8 Å². The Morgan fingerprint density at radius 2 is 2.26 bits per heavy atom. The van der Waals surface area contributed by atoms with E-state index in [-0.39, 0.29) is 11.8 Å². The molecule has 0 saturated carbocycles. The smallest absolute Gasteiger partial charge is 0.322 e. The fourth-order valence-corrected chi connectivity index (χ4v) is 3.10. The van der Waals surface area contributed by atoms with Crippen LogP contribution in [0.25, 0.3) is 0 Å². The van der Waals surface area contributed by atoms with Crippen LogP contribution in [-0.2, 0) is 9.59 Å². The van der Waals surface area contributed by atoms with Gasteiger partial charge in [-0.2, -0.15) is 0 Å². The largest absolute Gasteiger partial charge is 0.340 e. The van der Waals surface area contributed by atoms with E-state index in [4.69, 9.17) is 0 Å². The molecule has 7 nitrogen and oxygen atoms in total. The number of rotatable bonds is 2. The van der Waals surface area contributed by atoms with E-state index in [1.807, 2.05) is 0 Å². The zero-order chi connectivity index (χ0) is 13.5. The van der Waals surface area contributed by atoms with Gasteiger partial charge < -0.3 is 15.5 Å². The van der Waals surface area contributed by atoms with Crippen molar-refractivity contribution in [2.45, 2.75) is 24.8 Å². The summed E-state index contributed by atoms with van der Waals surface area (Å²) >= 11 is 0. The fraction of sp³-hybridized carbons (Fsp3) is 0.750. The summed E-state index contributed by atoms with van der Waals surface area (Å²) in [5.41, 5.74) is -0.888. The van der Waals surface area contributed by atoms with Crippen molar-refractivity contribution in [1.29, 1.82) is 0 Å². The minimum Gasteiger partial charge on any atom is -0.340 e. The Kier molecular flexibility index (Phi) is 2.93. The maximum atomic E-state index is 12.2. The van der Waals surface area contributed by atoms with Crippen LogP contribution in [0.3, 0.4) is 0 Å². The molecule has 3 heterocycles. The van der Waals surface area contributed by atoms with Crippen molar-refractivity contribution in [3.8, 4) is 0 Å². The molecule has 3 N–H and O–H groups in total. The molecule has 3 aliphatic heterocycles. The molecule has 3 fully saturated rings. The highest BCUT2D eigenvalue weighted by atomic mass is 16.2. The molecule has 0 bridgehead atoms. The Hall–Kier alpha value is -1.63. The van der Waals surface area contributed by atoms with Crippen LogP contribution in [0.5, 0.6) is 0 Å². The number of imide groups is 1. The summed E-state index contributed by atoms with van der Waals surface area (Å²) in [5, 5.41) is 8.13. The first-order chi connectivity index (χ1) is 9.09. The van der Waals surface area contributed by atoms with E-state index in [1.165, 1.54) is 0 Å². The van der Waals surface area contributed by atoms with Crippen molar-refractivity contribution < 1.29 is 14.4 Å². The lowest BCUT2D eigenvalue weighted by Crippen LogP contribution is -2.49. The number of hydrogen-bond donors (Lipinski definition) is 3. The highest BCUT2D eigenvalue weighted by Crippen LogP contribution is 2.26. The van der Waals surface area contributed by atoms with Gasteiger partial charge in [0.15, 0.2) is 0 Å². The van der Waals surface area contributed by atoms with Crippen LogP contribution < -0.4 is 16.0 Å². The average molecular weight is 266 g/mol. The first-order valence-corrected chi connectivity index (χ1v) is 6.71. The van der Waals surface area contributed by atoms with E-state index in [0.717, 1.165) is 19.5 Å². The van der Waals surface area contributed by atoms with Crippen LogP contribution in [0.2, 0.25) is 0 Å².